The van der Waals surface area contributed by atoms with E-state index in [-0.39, 0.29) is 6.03 Å². The van der Waals surface area contributed by atoms with Crippen molar-refractivity contribution in [3.05, 3.63) is 0 Å². The molecule has 0 aromatic carbocycles. The molecule has 0 radical (unpaired) electrons. The van der Waals surface area contributed by atoms with Crippen LogP contribution < -0.4 is 5.32 Å². The van der Waals surface area contributed by atoms with E-state index in [2.05, 4.69) is 24.3 Å². The first-order valence-corrected chi connectivity index (χ1v) is 9.49. The molecule has 0 saturated carbocycles. The molecule has 21 heavy (non-hydrogen) atoms. The maximum atomic E-state index is 12.2. The number of nitrogens with zero attached hydrogens (tertiary/aromatic N) is 2. The Kier molecular flexibility index (Phi) is 7.17. The zero-order chi connectivity index (χ0) is 15.1. The van der Waals surface area contributed by atoms with Gasteiger partial charge < -0.3 is 15.1 Å². The van der Waals surface area contributed by atoms with Gasteiger partial charge >= 0.3 is 6.03 Å². The minimum atomic E-state index is 0.161. The molecule has 1 atom stereocenters. The number of rotatable bonds is 6. The highest BCUT2D eigenvalue weighted by molar-refractivity contribution is 8.00. The summed E-state index contributed by atoms with van der Waals surface area (Å²) in [7, 11) is 4.27. The summed E-state index contributed by atoms with van der Waals surface area (Å²) in [6, 6.07) is 0.161. The highest BCUT2D eigenvalue weighted by Gasteiger charge is 2.23. The standard InChI is InChI=1S/C16H31N3OS/c1-18(2)9-3-5-14-7-10-19(11-8-14)16(20)17-13-15-6-4-12-21-15/h14-15H,3-13H2,1-2H3,(H,17,20)/t15-/m0/s1. The number of carbonyl (C=O) groups is 1. The molecule has 1 N–H and O–H groups in total. The number of nitrogens with one attached hydrogen (secondary N) is 1. The number of amides is 2. The van der Waals surface area contributed by atoms with Crippen LogP contribution in [-0.2, 0) is 0 Å². The molecule has 2 heterocycles. The maximum Gasteiger partial charge on any atom is 0.317 e. The van der Waals surface area contributed by atoms with E-state index in [9.17, 15) is 4.79 Å². The molecule has 0 aromatic heterocycles. The zero-order valence-corrected chi connectivity index (χ0v) is 14.5. The lowest BCUT2D eigenvalue weighted by molar-refractivity contribution is 0.166. The summed E-state index contributed by atoms with van der Waals surface area (Å²) in [6.07, 6.45) is 7.52. The average molecular weight is 314 g/mol. The van der Waals surface area contributed by atoms with E-state index in [1.807, 2.05) is 16.7 Å². The van der Waals surface area contributed by atoms with E-state index in [0.29, 0.717) is 5.25 Å². The predicted molar refractivity (Wildman–Crippen MR) is 91.0 cm³/mol. The fourth-order valence-corrected chi connectivity index (χ4v) is 4.44. The summed E-state index contributed by atoms with van der Waals surface area (Å²) in [5.74, 6) is 2.08. The molecule has 2 rings (SSSR count). The third-order valence-corrected chi connectivity index (χ3v) is 6.02. The van der Waals surface area contributed by atoms with Gasteiger partial charge in [0.2, 0.25) is 0 Å². The van der Waals surface area contributed by atoms with Gasteiger partial charge in [-0.05, 0) is 70.8 Å². The van der Waals surface area contributed by atoms with Gasteiger partial charge in [-0.15, -0.1) is 0 Å². The molecule has 2 fully saturated rings. The summed E-state index contributed by atoms with van der Waals surface area (Å²) in [6.45, 7) is 3.92. The average Bonchev–Trinajstić information content (AvgIpc) is 2.98. The number of urea groups is 1. The van der Waals surface area contributed by atoms with E-state index in [0.717, 1.165) is 25.6 Å². The zero-order valence-electron chi connectivity index (χ0n) is 13.6. The van der Waals surface area contributed by atoms with Crippen LogP contribution in [0.15, 0.2) is 0 Å². The summed E-state index contributed by atoms with van der Waals surface area (Å²) in [5, 5.41) is 3.78. The van der Waals surface area contributed by atoms with E-state index in [1.54, 1.807) is 0 Å². The smallest absolute Gasteiger partial charge is 0.317 e. The lowest BCUT2D eigenvalue weighted by Gasteiger charge is -2.32. The molecule has 0 spiro atoms. The van der Waals surface area contributed by atoms with Crippen molar-refractivity contribution in [2.24, 2.45) is 5.92 Å². The number of carbonyl (C=O) groups excluding carboxylic acids is 1. The molecule has 0 unspecified atom stereocenters. The second-order valence-corrected chi connectivity index (χ2v) is 8.11. The Labute approximate surface area is 134 Å². The Balaban J connectivity index is 1.58. The molecule has 2 aliphatic heterocycles. The Bertz CT molecular complexity index is 311. The molecule has 0 bridgehead atoms. The fraction of sp³-hybridized carbons (Fsp3) is 0.938. The number of piperidine rings is 1. The number of hydrogen-bond acceptors (Lipinski definition) is 3. The van der Waals surface area contributed by atoms with Crippen LogP contribution in [0.4, 0.5) is 4.79 Å². The lowest BCUT2D eigenvalue weighted by Crippen LogP contribution is -2.45. The summed E-state index contributed by atoms with van der Waals surface area (Å²) >= 11 is 2.01. The van der Waals surface area contributed by atoms with Crippen LogP contribution in [0.5, 0.6) is 0 Å². The van der Waals surface area contributed by atoms with Gasteiger partial charge in [-0.3, -0.25) is 0 Å². The fourth-order valence-electron chi connectivity index (χ4n) is 3.24. The second-order valence-electron chi connectivity index (χ2n) is 6.70. The quantitative estimate of drug-likeness (QED) is 0.819. The molecular formula is C16H31N3OS. The number of hydrogen-bond donors (Lipinski definition) is 1. The first-order chi connectivity index (χ1) is 10.1. The van der Waals surface area contributed by atoms with E-state index in [1.165, 1.54) is 50.8 Å². The van der Waals surface area contributed by atoms with Gasteiger partial charge in [0.15, 0.2) is 0 Å². The van der Waals surface area contributed by atoms with Gasteiger partial charge in [-0.1, -0.05) is 0 Å². The molecular weight excluding hydrogens is 282 g/mol. The Morgan fingerprint density at radius 1 is 1.29 bits per heavy atom. The highest BCUT2D eigenvalue weighted by atomic mass is 32.2. The Morgan fingerprint density at radius 3 is 2.67 bits per heavy atom. The van der Waals surface area contributed by atoms with E-state index in [4.69, 9.17) is 0 Å². The lowest BCUT2D eigenvalue weighted by atomic mass is 9.92. The molecule has 2 aliphatic rings. The van der Waals surface area contributed by atoms with E-state index < -0.39 is 0 Å². The number of likely N-dealkylation sites (tertiary alicyclic amines) is 1. The Morgan fingerprint density at radius 2 is 2.05 bits per heavy atom. The van der Waals surface area contributed by atoms with Crippen LogP contribution in [0.1, 0.15) is 38.5 Å². The normalized spacial score (nSPS) is 23.8. The van der Waals surface area contributed by atoms with Crippen LogP contribution in [0, 0.1) is 5.92 Å². The maximum absolute atomic E-state index is 12.2. The van der Waals surface area contributed by atoms with Crippen LogP contribution in [-0.4, -0.2) is 67.1 Å². The van der Waals surface area contributed by atoms with Crippen molar-refractivity contribution in [1.29, 1.82) is 0 Å². The predicted octanol–water partition coefficient (Wildman–Crippen LogP) is 2.65. The van der Waals surface area contributed by atoms with Crippen LogP contribution in [0.3, 0.4) is 0 Å². The van der Waals surface area contributed by atoms with Crippen LogP contribution in [0.2, 0.25) is 0 Å². The monoisotopic (exact) mass is 313 g/mol. The van der Waals surface area contributed by atoms with Crippen molar-refractivity contribution in [3.8, 4) is 0 Å². The second kappa shape index (κ2) is 8.89. The van der Waals surface area contributed by atoms with Crippen molar-refractivity contribution < 1.29 is 4.79 Å². The van der Waals surface area contributed by atoms with Crippen molar-refractivity contribution >= 4 is 17.8 Å². The minimum absolute atomic E-state index is 0.161. The first kappa shape index (κ1) is 16.9. The van der Waals surface area contributed by atoms with Gasteiger partial charge in [0, 0.05) is 24.9 Å². The summed E-state index contributed by atoms with van der Waals surface area (Å²) < 4.78 is 0. The van der Waals surface area contributed by atoms with Gasteiger partial charge in [0.05, 0.1) is 0 Å². The Hall–Kier alpha value is -0.420. The molecule has 2 amide bonds. The number of thioether (sulfide) groups is 1. The van der Waals surface area contributed by atoms with Crippen molar-refractivity contribution in [3.63, 3.8) is 0 Å². The minimum Gasteiger partial charge on any atom is -0.337 e. The first-order valence-electron chi connectivity index (χ1n) is 8.44. The highest BCUT2D eigenvalue weighted by Crippen LogP contribution is 2.25. The molecule has 0 aromatic rings. The largest absolute Gasteiger partial charge is 0.337 e. The van der Waals surface area contributed by atoms with Crippen LogP contribution >= 0.6 is 11.8 Å². The third-order valence-electron chi connectivity index (χ3n) is 4.62. The molecule has 5 heteroatoms. The SMILES string of the molecule is CN(C)CCCC1CCN(C(=O)NC[C@@H]2CCCS2)CC1. The summed E-state index contributed by atoms with van der Waals surface area (Å²) in [4.78, 5) is 16.4. The van der Waals surface area contributed by atoms with Crippen molar-refractivity contribution in [2.75, 3.05) is 46.0 Å². The molecule has 2 saturated heterocycles. The van der Waals surface area contributed by atoms with E-state index >= 15 is 0 Å². The van der Waals surface area contributed by atoms with Gasteiger partial charge in [-0.25, -0.2) is 4.79 Å². The molecule has 122 valence electrons. The molecule has 0 aliphatic carbocycles. The van der Waals surface area contributed by atoms with Gasteiger partial charge in [-0.2, -0.15) is 11.8 Å². The van der Waals surface area contributed by atoms with Gasteiger partial charge in [0.25, 0.3) is 0 Å². The third kappa shape index (κ3) is 6.07. The van der Waals surface area contributed by atoms with Gasteiger partial charge in [0.1, 0.15) is 0 Å². The topological polar surface area (TPSA) is 35.6 Å². The van der Waals surface area contributed by atoms with Crippen molar-refractivity contribution in [1.82, 2.24) is 15.1 Å². The van der Waals surface area contributed by atoms with Crippen LogP contribution in [0.25, 0.3) is 0 Å². The summed E-state index contributed by atoms with van der Waals surface area (Å²) in [5.41, 5.74) is 0. The molecule has 4 nitrogen and oxygen atoms in total. The van der Waals surface area contributed by atoms with Crippen molar-refractivity contribution in [2.45, 2.75) is 43.8 Å².